The summed E-state index contributed by atoms with van der Waals surface area (Å²) < 4.78 is 36.1. The third-order valence-electron chi connectivity index (χ3n) is 4.02. The minimum absolute atomic E-state index is 0.129. The van der Waals surface area contributed by atoms with Crippen molar-refractivity contribution in [2.45, 2.75) is 45.4 Å². The summed E-state index contributed by atoms with van der Waals surface area (Å²) in [7, 11) is -3.36. The number of rotatable bonds is 4. The normalized spacial score (nSPS) is 21.4. The molecule has 0 bridgehead atoms. The van der Waals surface area contributed by atoms with Gasteiger partial charge in [-0.25, -0.2) is 8.42 Å². The zero-order valence-corrected chi connectivity index (χ0v) is 13.5. The third-order valence-corrected chi connectivity index (χ3v) is 4.94. The molecular weight excluding hydrogens is 277 g/mol. The Balaban J connectivity index is 2.07. The van der Waals surface area contributed by atoms with Gasteiger partial charge >= 0.3 is 7.12 Å². The number of aryl methyl sites for hydroxylation is 1. The summed E-state index contributed by atoms with van der Waals surface area (Å²) in [6.45, 7) is 8.47. The topological polar surface area (TPSA) is 57.5 Å². The number of aromatic nitrogens is 1. The van der Waals surface area contributed by atoms with Gasteiger partial charge in [-0.1, -0.05) is 0 Å². The summed E-state index contributed by atoms with van der Waals surface area (Å²) in [5.41, 5.74) is 0.177. The predicted octanol–water partition coefficient (Wildman–Crippen LogP) is 0.832. The summed E-state index contributed by atoms with van der Waals surface area (Å²) >= 11 is 0. The molecule has 0 aromatic carbocycles. The number of nitrogens with zero attached hydrogens (tertiary/aromatic N) is 1. The molecule has 0 radical (unpaired) electrons. The molecule has 0 amide bonds. The van der Waals surface area contributed by atoms with Crippen molar-refractivity contribution in [2.24, 2.45) is 0 Å². The van der Waals surface area contributed by atoms with E-state index in [4.69, 9.17) is 9.31 Å². The van der Waals surface area contributed by atoms with Gasteiger partial charge in [0.25, 0.3) is 0 Å². The Kier molecular flexibility index (Phi) is 3.82. The van der Waals surface area contributed by atoms with E-state index >= 15 is 0 Å². The standard InChI is InChI=1S/C13H22BNO4S/c1-12(2)13(3,4)19-14(18-12)11-6-7-15(10-11)8-9-20(5,16)17/h6-7,10H,8-9H2,1-5H3. The van der Waals surface area contributed by atoms with Crippen LogP contribution in [0.25, 0.3) is 0 Å². The van der Waals surface area contributed by atoms with E-state index in [0.717, 1.165) is 5.46 Å². The second kappa shape index (κ2) is 4.89. The average Bonchev–Trinajstić information content (AvgIpc) is 2.79. The molecular formula is C13H22BNO4S. The van der Waals surface area contributed by atoms with Crippen LogP contribution >= 0.6 is 0 Å². The molecule has 0 atom stereocenters. The fourth-order valence-corrected chi connectivity index (χ4v) is 2.53. The molecule has 20 heavy (non-hydrogen) atoms. The van der Waals surface area contributed by atoms with E-state index in [1.807, 2.05) is 50.7 Å². The Hall–Kier alpha value is -0.785. The minimum atomic E-state index is -2.95. The van der Waals surface area contributed by atoms with E-state index in [2.05, 4.69) is 0 Å². The highest BCUT2D eigenvalue weighted by Gasteiger charge is 2.51. The predicted molar refractivity (Wildman–Crippen MR) is 79.9 cm³/mol. The van der Waals surface area contributed by atoms with Gasteiger partial charge in [0.2, 0.25) is 0 Å². The van der Waals surface area contributed by atoms with Gasteiger partial charge in [-0.2, -0.15) is 0 Å². The molecule has 0 aliphatic carbocycles. The second-order valence-corrected chi connectivity index (χ2v) is 8.66. The Morgan fingerprint density at radius 3 is 2.25 bits per heavy atom. The van der Waals surface area contributed by atoms with Crippen LogP contribution in [0.15, 0.2) is 18.5 Å². The lowest BCUT2D eigenvalue weighted by Crippen LogP contribution is -2.41. The van der Waals surface area contributed by atoms with Crippen LogP contribution in [0.3, 0.4) is 0 Å². The quantitative estimate of drug-likeness (QED) is 0.773. The number of hydrogen-bond donors (Lipinski definition) is 0. The Morgan fingerprint density at radius 2 is 1.75 bits per heavy atom. The molecule has 0 unspecified atom stereocenters. The summed E-state index contributed by atoms with van der Waals surface area (Å²) in [6, 6.07) is 1.91. The highest BCUT2D eigenvalue weighted by molar-refractivity contribution is 7.90. The molecule has 5 nitrogen and oxygen atoms in total. The fourth-order valence-electron chi connectivity index (χ4n) is 1.99. The Labute approximate surface area is 121 Å². The van der Waals surface area contributed by atoms with Crippen molar-refractivity contribution in [3.8, 4) is 0 Å². The zero-order valence-electron chi connectivity index (χ0n) is 12.7. The lowest BCUT2D eigenvalue weighted by Gasteiger charge is -2.32. The van der Waals surface area contributed by atoms with E-state index < -0.39 is 17.0 Å². The summed E-state index contributed by atoms with van der Waals surface area (Å²) in [4.78, 5) is 0. The molecule has 0 N–H and O–H groups in total. The molecule has 7 heteroatoms. The lowest BCUT2D eigenvalue weighted by molar-refractivity contribution is 0.00578. The van der Waals surface area contributed by atoms with Crippen LogP contribution in [0.2, 0.25) is 0 Å². The largest absolute Gasteiger partial charge is 0.496 e. The molecule has 1 saturated heterocycles. The first-order valence-corrected chi connectivity index (χ1v) is 8.75. The first kappa shape index (κ1) is 15.6. The zero-order chi connectivity index (χ0) is 15.2. The van der Waals surface area contributed by atoms with Gasteiger partial charge in [-0.3, -0.25) is 0 Å². The molecule has 2 rings (SSSR count). The van der Waals surface area contributed by atoms with Gasteiger partial charge in [-0.15, -0.1) is 0 Å². The van der Waals surface area contributed by atoms with Gasteiger partial charge in [0.15, 0.2) is 0 Å². The van der Waals surface area contributed by atoms with Crippen LogP contribution in [0.5, 0.6) is 0 Å². The average molecular weight is 299 g/mol. The molecule has 2 heterocycles. The van der Waals surface area contributed by atoms with E-state index in [-0.39, 0.29) is 17.0 Å². The van der Waals surface area contributed by atoms with E-state index in [1.165, 1.54) is 6.26 Å². The van der Waals surface area contributed by atoms with Gasteiger partial charge in [0.1, 0.15) is 9.84 Å². The summed E-state index contributed by atoms with van der Waals surface area (Å²) in [5.74, 6) is 0.129. The van der Waals surface area contributed by atoms with Gasteiger partial charge in [0.05, 0.1) is 17.0 Å². The SMILES string of the molecule is CC1(C)OB(c2ccn(CCS(C)(=O)=O)c2)OC1(C)C. The number of sulfone groups is 1. The van der Waals surface area contributed by atoms with E-state index in [9.17, 15) is 8.42 Å². The smallest absolute Gasteiger partial charge is 0.399 e. The van der Waals surface area contributed by atoms with Crippen LogP contribution in [-0.4, -0.2) is 43.3 Å². The van der Waals surface area contributed by atoms with Gasteiger partial charge < -0.3 is 13.9 Å². The van der Waals surface area contributed by atoms with Crippen LogP contribution in [-0.2, 0) is 25.7 Å². The summed E-state index contributed by atoms with van der Waals surface area (Å²) in [6.07, 6.45) is 4.98. The molecule has 0 spiro atoms. The highest BCUT2D eigenvalue weighted by Crippen LogP contribution is 2.36. The maximum absolute atomic E-state index is 11.2. The highest BCUT2D eigenvalue weighted by atomic mass is 32.2. The Morgan fingerprint density at radius 1 is 1.20 bits per heavy atom. The van der Waals surface area contributed by atoms with Crippen molar-refractivity contribution in [1.82, 2.24) is 4.57 Å². The van der Waals surface area contributed by atoms with Crippen LogP contribution in [0.4, 0.5) is 0 Å². The van der Waals surface area contributed by atoms with Crippen molar-refractivity contribution < 1.29 is 17.7 Å². The van der Waals surface area contributed by atoms with Crippen LogP contribution < -0.4 is 5.46 Å². The van der Waals surface area contributed by atoms with Crippen LogP contribution in [0, 0.1) is 0 Å². The molecule has 1 aromatic heterocycles. The van der Waals surface area contributed by atoms with Crippen molar-refractivity contribution >= 4 is 22.4 Å². The summed E-state index contributed by atoms with van der Waals surface area (Å²) in [5, 5.41) is 0. The van der Waals surface area contributed by atoms with Crippen molar-refractivity contribution in [1.29, 1.82) is 0 Å². The van der Waals surface area contributed by atoms with Crippen molar-refractivity contribution in [3.63, 3.8) is 0 Å². The van der Waals surface area contributed by atoms with E-state index in [1.54, 1.807) is 0 Å². The lowest BCUT2D eigenvalue weighted by atomic mass is 9.81. The Bertz CT molecular complexity index is 575. The molecule has 1 aliphatic heterocycles. The van der Waals surface area contributed by atoms with E-state index in [0.29, 0.717) is 6.54 Å². The fraction of sp³-hybridized carbons (Fsp3) is 0.692. The minimum Gasteiger partial charge on any atom is -0.399 e. The number of hydrogen-bond acceptors (Lipinski definition) is 4. The molecule has 112 valence electrons. The molecule has 1 aromatic rings. The van der Waals surface area contributed by atoms with Gasteiger partial charge in [0, 0.05) is 30.7 Å². The first-order valence-electron chi connectivity index (χ1n) is 6.69. The maximum Gasteiger partial charge on any atom is 0.496 e. The maximum atomic E-state index is 11.2. The first-order chi connectivity index (χ1) is 9.00. The molecule has 0 saturated carbocycles. The third kappa shape index (κ3) is 3.27. The monoisotopic (exact) mass is 299 g/mol. The second-order valence-electron chi connectivity index (χ2n) is 6.40. The van der Waals surface area contributed by atoms with Crippen LogP contribution in [0.1, 0.15) is 27.7 Å². The molecule has 1 aliphatic rings. The van der Waals surface area contributed by atoms with Crippen molar-refractivity contribution in [3.05, 3.63) is 18.5 Å². The van der Waals surface area contributed by atoms with Crippen molar-refractivity contribution in [2.75, 3.05) is 12.0 Å². The van der Waals surface area contributed by atoms with Gasteiger partial charge in [-0.05, 0) is 33.8 Å². The molecule has 1 fully saturated rings.